The summed E-state index contributed by atoms with van der Waals surface area (Å²) in [5.74, 6) is 0. The number of nitrogen functional groups attached to an aromatic ring is 1. The second-order valence-electron chi connectivity index (χ2n) is 4.53. The number of benzene rings is 1. The fraction of sp³-hybridized carbons (Fsp3) is 0.364. The van der Waals surface area contributed by atoms with E-state index in [9.17, 15) is 0 Å². The third kappa shape index (κ3) is 1.75. The molecule has 0 atom stereocenters. The Balaban J connectivity index is 2.46. The van der Waals surface area contributed by atoms with E-state index in [4.69, 9.17) is 11.1 Å². The Labute approximate surface area is 89.4 Å². The van der Waals surface area contributed by atoms with Crippen molar-refractivity contribution in [3.8, 4) is 0 Å². The van der Waals surface area contributed by atoms with Crippen molar-refractivity contribution >= 4 is 23.3 Å². The van der Waals surface area contributed by atoms with Gasteiger partial charge >= 0.3 is 0 Å². The number of rotatable bonds is 1. The van der Waals surface area contributed by atoms with Crippen molar-refractivity contribution in [3.63, 3.8) is 0 Å². The average Bonchev–Trinajstić information content (AvgIpc) is 2.17. The number of nitrogens with two attached hydrogens (primary N) is 1. The van der Waals surface area contributed by atoms with Crippen LogP contribution >= 0.6 is 0 Å². The maximum atomic E-state index is 7.25. The Kier molecular flexibility index (Phi) is 2.07. The summed E-state index contributed by atoms with van der Waals surface area (Å²) < 4.78 is 0. The van der Waals surface area contributed by atoms with Gasteiger partial charge in [-0.25, -0.2) is 0 Å². The van der Waals surface area contributed by atoms with Crippen molar-refractivity contribution in [3.05, 3.63) is 17.7 Å². The normalized spacial score (nSPS) is 17.2. The molecule has 0 bridgehead atoms. The molecule has 0 aliphatic carbocycles. The van der Waals surface area contributed by atoms with Gasteiger partial charge in [-0.05, 0) is 26.0 Å². The molecule has 1 aliphatic heterocycles. The quantitative estimate of drug-likeness (QED) is 0.417. The minimum atomic E-state index is 0.0302. The highest BCUT2D eigenvalue weighted by molar-refractivity contribution is 5.91. The number of nitrogens with one attached hydrogen (secondary N) is 3. The van der Waals surface area contributed by atoms with E-state index >= 15 is 0 Å². The van der Waals surface area contributed by atoms with Gasteiger partial charge in [0.05, 0.1) is 11.4 Å². The molecule has 0 unspecified atom stereocenters. The van der Waals surface area contributed by atoms with Gasteiger partial charge in [-0.2, -0.15) is 0 Å². The molecule has 0 saturated carbocycles. The van der Waals surface area contributed by atoms with Crippen molar-refractivity contribution < 1.29 is 0 Å². The van der Waals surface area contributed by atoms with E-state index in [1.54, 1.807) is 0 Å². The van der Waals surface area contributed by atoms with Crippen molar-refractivity contribution in [2.24, 2.45) is 0 Å². The van der Waals surface area contributed by atoms with Crippen LogP contribution in [0.5, 0.6) is 0 Å². The van der Waals surface area contributed by atoms with Gasteiger partial charge in [0.1, 0.15) is 0 Å². The summed E-state index contributed by atoms with van der Waals surface area (Å²) in [5.41, 5.74) is 9.25. The summed E-state index contributed by atoms with van der Waals surface area (Å²) in [5, 5.41) is 14.0. The highest BCUT2D eigenvalue weighted by Crippen LogP contribution is 2.33. The van der Waals surface area contributed by atoms with Gasteiger partial charge in [0.15, 0.2) is 0 Å². The van der Waals surface area contributed by atoms with Gasteiger partial charge < -0.3 is 21.8 Å². The zero-order valence-corrected chi connectivity index (χ0v) is 9.02. The van der Waals surface area contributed by atoms with Crippen LogP contribution in [-0.4, -0.2) is 18.3 Å². The van der Waals surface area contributed by atoms with E-state index in [0.717, 1.165) is 23.5 Å². The maximum Gasteiger partial charge on any atom is 0.0598 e. The van der Waals surface area contributed by atoms with E-state index < -0.39 is 0 Å². The first-order valence-corrected chi connectivity index (χ1v) is 4.98. The molecule has 1 heterocycles. The van der Waals surface area contributed by atoms with Crippen LogP contribution in [0.3, 0.4) is 0 Å². The van der Waals surface area contributed by atoms with E-state index in [1.165, 1.54) is 6.21 Å². The second kappa shape index (κ2) is 3.15. The molecule has 15 heavy (non-hydrogen) atoms. The standard InChI is InChI=1S/C11H16N4/c1-11(2)6-14-9-4-8(13)7(5-12)3-10(9)15-11/h3-5,12,14-15H,6,13H2,1-2H3. The Morgan fingerprint density at radius 1 is 1.40 bits per heavy atom. The van der Waals surface area contributed by atoms with Gasteiger partial charge in [0, 0.05) is 29.5 Å². The summed E-state index contributed by atoms with van der Waals surface area (Å²) in [4.78, 5) is 0. The molecule has 0 saturated heterocycles. The van der Waals surface area contributed by atoms with Crippen LogP contribution in [0.2, 0.25) is 0 Å². The Morgan fingerprint density at radius 3 is 2.80 bits per heavy atom. The molecule has 0 spiro atoms. The zero-order valence-electron chi connectivity index (χ0n) is 9.02. The molecule has 0 fully saturated rings. The number of fused-ring (bicyclic) bond motifs is 1. The predicted molar refractivity (Wildman–Crippen MR) is 64.9 cm³/mol. The molecule has 4 nitrogen and oxygen atoms in total. The molecule has 1 aromatic carbocycles. The van der Waals surface area contributed by atoms with Crippen molar-refractivity contribution in [2.75, 3.05) is 22.9 Å². The molecule has 0 amide bonds. The Morgan fingerprint density at radius 2 is 2.13 bits per heavy atom. The van der Waals surface area contributed by atoms with E-state index in [2.05, 4.69) is 24.5 Å². The molecular weight excluding hydrogens is 188 g/mol. The van der Waals surface area contributed by atoms with Crippen LogP contribution in [0.1, 0.15) is 19.4 Å². The second-order valence-corrected chi connectivity index (χ2v) is 4.53. The third-order valence-corrected chi connectivity index (χ3v) is 2.57. The fourth-order valence-corrected chi connectivity index (χ4v) is 1.73. The van der Waals surface area contributed by atoms with Crippen molar-refractivity contribution in [2.45, 2.75) is 19.4 Å². The minimum absolute atomic E-state index is 0.0302. The van der Waals surface area contributed by atoms with E-state index in [1.807, 2.05) is 12.1 Å². The summed E-state index contributed by atoms with van der Waals surface area (Å²) in [6, 6.07) is 3.78. The maximum absolute atomic E-state index is 7.25. The minimum Gasteiger partial charge on any atom is -0.398 e. The fourth-order valence-electron chi connectivity index (χ4n) is 1.73. The van der Waals surface area contributed by atoms with E-state index in [0.29, 0.717) is 5.69 Å². The lowest BCUT2D eigenvalue weighted by molar-refractivity contribution is 0.589. The lowest BCUT2D eigenvalue weighted by Gasteiger charge is -2.35. The molecule has 0 aromatic heterocycles. The summed E-state index contributed by atoms with van der Waals surface area (Å²) >= 11 is 0. The molecule has 1 aliphatic rings. The van der Waals surface area contributed by atoms with Crippen LogP contribution in [-0.2, 0) is 0 Å². The smallest absolute Gasteiger partial charge is 0.0598 e. The van der Waals surface area contributed by atoms with Crippen LogP contribution < -0.4 is 16.4 Å². The molecule has 1 aromatic rings. The Bertz CT molecular complexity index is 409. The third-order valence-electron chi connectivity index (χ3n) is 2.57. The first-order chi connectivity index (χ1) is 7.02. The monoisotopic (exact) mass is 204 g/mol. The molecule has 5 N–H and O–H groups in total. The highest BCUT2D eigenvalue weighted by Gasteiger charge is 2.24. The molecular formula is C11H16N4. The lowest BCUT2D eigenvalue weighted by Crippen LogP contribution is -2.42. The van der Waals surface area contributed by atoms with E-state index in [-0.39, 0.29) is 5.54 Å². The summed E-state index contributed by atoms with van der Waals surface area (Å²) in [6.45, 7) is 5.12. The molecule has 80 valence electrons. The lowest BCUT2D eigenvalue weighted by atomic mass is 10.00. The number of hydrogen-bond acceptors (Lipinski definition) is 4. The predicted octanol–water partition coefficient (Wildman–Crippen LogP) is 1.88. The average molecular weight is 204 g/mol. The number of hydrogen-bond donors (Lipinski definition) is 4. The molecule has 4 heteroatoms. The highest BCUT2D eigenvalue weighted by atomic mass is 15.1. The first-order valence-electron chi connectivity index (χ1n) is 4.98. The summed E-state index contributed by atoms with van der Waals surface area (Å²) in [7, 11) is 0. The van der Waals surface area contributed by atoms with Crippen molar-refractivity contribution in [1.82, 2.24) is 0 Å². The largest absolute Gasteiger partial charge is 0.398 e. The van der Waals surface area contributed by atoms with Crippen LogP contribution in [0.4, 0.5) is 17.1 Å². The van der Waals surface area contributed by atoms with Gasteiger partial charge in [-0.1, -0.05) is 0 Å². The van der Waals surface area contributed by atoms with Crippen molar-refractivity contribution in [1.29, 1.82) is 5.41 Å². The van der Waals surface area contributed by atoms with Gasteiger partial charge in [0.25, 0.3) is 0 Å². The van der Waals surface area contributed by atoms with Gasteiger partial charge in [-0.15, -0.1) is 0 Å². The summed E-state index contributed by atoms with van der Waals surface area (Å²) in [6.07, 6.45) is 1.28. The SMILES string of the molecule is CC1(C)CNc2cc(N)c(C=N)cc2N1. The Hall–Kier alpha value is -1.71. The van der Waals surface area contributed by atoms with Crippen LogP contribution in [0.25, 0.3) is 0 Å². The van der Waals surface area contributed by atoms with Gasteiger partial charge in [-0.3, -0.25) is 0 Å². The number of anilines is 3. The van der Waals surface area contributed by atoms with Crippen LogP contribution in [0.15, 0.2) is 12.1 Å². The van der Waals surface area contributed by atoms with Gasteiger partial charge in [0.2, 0.25) is 0 Å². The first kappa shape index (κ1) is 9.83. The van der Waals surface area contributed by atoms with Crippen LogP contribution in [0, 0.1) is 5.41 Å². The topological polar surface area (TPSA) is 73.9 Å². The zero-order chi connectivity index (χ0) is 11.1. The molecule has 2 rings (SSSR count). The molecule has 0 radical (unpaired) electrons.